The molecule has 1 N–H and O–H groups in total. The van der Waals surface area contributed by atoms with Crippen LogP contribution in [0.15, 0.2) is 30.5 Å². The predicted octanol–water partition coefficient (Wildman–Crippen LogP) is 1.94. The van der Waals surface area contributed by atoms with Gasteiger partial charge in [-0.25, -0.2) is 0 Å². The molecule has 0 bridgehead atoms. The average molecular weight is 187 g/mol. The molecule has 14 heavy (non-hydrogen) atoms. The van der Waals surface area contributed by atoms with Crippen molar-refractivity contribution in [3.8, 4) is 0 Å². The second kappa shape index (κ2) is 3.10. The van der Waals surface area contributed by atoms with Crippen molar-refractivity contribution in [2.24, 2.45) is 0 Å². The minimum atomic E-state index is -0.446. The number of aromatic nitrogens is 1. The summed E-state index contributed by atoms with van der Waals surface area (Å²) < 4.78 is 0. The van der Waals surface area contributed by atoms with Gasteiger partial charge in [0, 0.05) is 24.1 Å². The molecule has 3 heteroatoms. The first-order valence-corrected chi connectivity index (χ1v) is 4.31. The topological polar surface area (TPSA) is 49.9 Å². The number of benzene rings is 1. The number of ketones is 2. The lowest BCUT2D eigenvalue weighted by molar-refractivity contribution is -0.113. The maximum atomic E-state index is 11.5. The van der Waals surface area contributed by atoms with Gasteiger partial charge in [-0.1, -0.05) is 12.1 Å². The first-order chi connectivity index (χ1) is 6.70. The van der Waals surface area contributed by atoms with Gasteiger partial charge in [0.05, 0.1) is 5.52 Å². The molecule has 0 spiro atoms. The molecule has 0 aliphatic heterocycles. The number of hydrogen-bond acceptors (Lipinski definition) is 2. The fourth-order valence-corrected chi connectivity index (χ4v) is 1.46. The Kier molecular flexibility index (Phi) is 1.93. The normalized spacial score (nSPS) is 10.4. The summed E-state index contributed by atoms with van der Waals surface area (Å²) in [6.07, 6.45) is 1.75. The first kappa shape index (κ1) is 8.69. The second-order valence-corrected chi connectivity index (χ2v) is 3.13. The van der Waals surface area contributed by atoms with Crippen LogP contribution in [0.1, 0.15) is 17.3 Å². The highest BCUT2D eigenvalue weighted by molar-refractivity contribution is 6.44. The number of Topliss-reactive ketones (excluding diaryl/α,β-unsaturated/α-hetero) is 2. The number of carbonyl (C=O) groups excluding carboxylic acids is 2. The highest BCUT2D eigenvalue weighted by atomic mass is 16.2. The van der Waals surface area contributed by atoms with Crippen LogP contribution in [-0.2, 0) is 4.79 Å². The molecule has 0 radical (unpaired) electrons. The van der Waals surface area contributed by atoms with Gasteiger partial charge in [0.15, 0.2) is 5.78 Å². The van der Waals surface area contributed by atoms with Gasteiger partial charge in [-0.2, -0.15) is 0 Å². The molecule has 0 fully saturated rings. The van der Waals surface area contributed by atoms with E-state index in [4.69, 9.17) is 0 Å². The zero-order chi connectivity index (χ0) is 10.1. The lowest BCUT2D eigenvalue weighted by Crippen LogP contribution is -2.09. The lowest BCUT2D eigenvalue weighted by Gasteiger charge is -1.98. The van der Waals surface area contributed by atoms with Crippen molar-refractivity contribution in [1.82, 2.24) is 4.98 Å². The Morgan fingerprint density at radius 1 is 1.21 bits per heavy atom. The molecule has 0 atom stereocenters. The Morgan fingerprint density at radius 2 is 2.00 bits per heavy atom. The number of hydrogen-bond donors (Lipinski definition) is 1. The van der Waals surface area contributed by atoms with Gasteiger partial charge >= 0.3 is 0 Å². The van der Waals surface area contributed by atoms with Crippen molar-refractivity contribution in [2.75, 3.05) is 0 Å². The van der Waals surface area contributed by atoms with Gasteiger partial charge in [0.2, 0.25) is 5.78 Å². The monoisotopic (exact) mass is 187 g/mol. The second-order valence-electron chi connectivity index (χ2n) is 3.13. The van der Waals surface area contributed by atoms with E-state index in [1.54, 1.807) is 18.3 Å². The van der Waals surface area contributed by atoms with E-state index in [-0.39, 0.29) is 0 Å². The molecule has 0 saturated carbocycles. The van der Waals surface area contributed by atoms with E-state index in [2.05, 4.69) is 4.98 Å². The van der Waals surface area contributed by atoms with Crippen molar-refractivity contribution >= 4 is 22.5 Å². The molecule has 2 aromatic rings. The number of carbonyl (C=O) groups is 2. The van der Waals surface area contributed by atoms with E-state index >= 15 is 0 Å². The van der Waals surface area contributed by atoms with Gasteiger partial charge < -0.3 is 4.98 Å². The van der Waals surface area contributed by atoms with Crippen LogP contribution in [0.25, 0.3) is 10.9 Å². The zero-order valence-electron chi connectivity index (χ0n) is 7.70. The standard InChI is InChI=1S/C11H9NO2/c1-7(13)11(14)9-4-2-3-8-5-6-12-10(8)9/h2-6,12H,1H3. The summed E-state index contributed by atoms with van der Waals surface area (Å²) in [6, 6.07) is 7.18. The number of nitrogens with one attached hydrogen (secondary N) is 1. The van der Waals surface area contributed by atoms with Crippen LogP contribution >= 0.6 is 0 Å². The first-order valence-electron chi connectivity index (χ1n) is 4.31. The van der Waals surface area contributed by atoms with Crippen LogP contribution in [0.4, 0.5) is 0 Å². The molecule has 0 aliphatic rings. The van der Waals surface area contributed by atoms with Crippen molar-refractivity contribution in [3.63, 3.8) is 0 Å². The Morgan fingerprint density at radius 3 is 2.71 bits per heavy atom. The summed E-state index contributed by atoms with van der Waals surface area (Å²) in [6.45, 7) is 1.28. The fraction of sp³-hybridized carbons (Fsp3) is 0.0909. The maximum absolute atomic E-state index is 11.5. The fourth-order valence-electron chi connectivity index (χ4n) is 1.46. The van der Waals surface area contributed by atoms with E-state index in [1.165, 1.54) is 6.92 Å². The summed E-state index contributed by atoms with van der Waals surface area (Å²) in [5.41, 5.74) is 1.17. The molecular formula is C11H9NO2. The third-order valence-corrected chi connectivity index (χ3v) is 2.15. The lowest BCUT2D eigenvalue weighted by atomic mass is 10.1. The minimum Gasteiger partial charge on any atom is -0.361 e. The van der Waals surface area contributed by atoms with Crippen LogP contribution < -0.4 is 0 Å². The van der Waals surface area contributed by atoms with Gasteiger partial charge in [-0.3, -0.25) is 9.59 Å². The highest BCUT2D eigenvalue weighted by Crippen LogP contribution is 2.17. The van der Waals surface area contributed by atoms with Gasteiger partial charge in [0.1, 0.15) is 0 Å². The smallest absolute Gasteiger partial charge is 0.230 e. The molecule has 0 saturated heterocycles. The summed E-state index contributed by atoms with van der Waals surface area (Å²) in [5.74, 6) is -0.884. The van der Waals surface area contributed by atoms with Crippen LogP contribution in [0.5, 0.6) is 0 Å². The number of fused-ring (bicyclic) bond motifs is 1. The molecule has 1 heterocycles. The molecule has 0 unspecified atom stereocenters. The van der Waals surface area contributed by atoms with Crippen molar-refractivity contribution in [2.45, 2.75) is 6.92 Å². The van der Waals surface area contributed by atoms with Gasteiger partial charge in [0.25, 0.3) is 0 Å². The van der Waals surface area contributed by atoms with Crippen LogP contribution in [0.3, 0.4) is 0 Å². The van der Waals surface area contributed by atoms with Gasteiger partial charge in [-0.15, -0.1) is 0 Å². The molecule has 0 aliphatic carbocycles. The van der Waals surface area contributed by atoms with Crippen LogP contribution in [-0.4, -0.2) is 16.6 Å². The molecule has 2 rings (SSSR count). The largest absolute Gasteiger partial charge is 0.361 e. The Labute approximate surface area is 80.7 Å². The number of para-hydroxylation sites is 1. The van der Waals surface area contributed by atoms with E-state index in [9.17, 15) is 9.59 Å². The van der Waals surface area contributed by atoms with E-state index in [0.29, 0.717) is 5.56 Å². The van der Waals surface area contributed by atoms with Crippen molar-refractivity contribution in [3.05, 3.63) is 36.0 Å². The summed E-state index contributed by atoms with van der Waals surface area (Å²) in [7, 11) is 0. The molecule has 70 valence electrons. The van der Waals surface area contributed by atoms with E-state index < -0.39 is 11.6 Å². The van der Waals surface area contributed by atoms with E-state index in [0.717, 1.165) is 10.9 Å². The minimum absolute atomic E-state index is 0.438. The maximum Gasteiger partial charge on any atom is 0.230 e. The SMILES string of the molecule is CC(=O)C(=O)c1cccc2cc[nH]c12. The summed E-state index contributed by atoms with van der Waals surface area (Å²) in [4.78, 5) is 25.4. The van der Waals surface area contributed by atoms with Crippen molar-refractivity contribution in [1.29, 1.82) is 0 Å². The quantitative estimate of drug-likeness (QED) is 0.577. The molecule has 1 aromatic carbocycles. The highest BCUT2D eigenvalue weighted by Gasteiger charge is 2.14. The van der Waals surface area contributed by atoms with Crippen LogP contribution in [0.2, 0.25) is 0 Å². The Hall–Kier alpha value is -1.90. The van der Waals surface area contributed by atoms with Crippen molar-refractivity contribution < 1.29 is 9.59 Å². The molecule has 3 nitrogen and oxygen atoms in total. The summed E-state index contributed by atoms with van der Waals surface area (Å²) >= 11 is 0. The van der Waals surface area contributed by atoms with Gasteiger partial charge in [-0.05, 0) is 12.1 Å². The predicted molar refractivity (Wildman–Crippen MR) is 53.3 cm³/mol. The molecular weight excluding hydrogens is 178 g/mol. The molecule has 1 aromatic heterocycles. The number of H-pyrrole nitrogens is 1. The third-order valence-electron chi connectivity index (χ3n) is 2.15. The third kappa shape index (κ3) is 1.23. The zero-order valence-corrected chi connectivity index (χ0v) is 7.70. The average Bonchev–Trinajstić information content (AvgIpc) is 2.63. The number of aromatic amines is 1. The number of rotatable bonds is 2. The van der Waals surface area contributed by atoms with E-state index in [1.807, 2.05) is 12.1 Å². The van der Waals surface area contributed by atoms with Crippen LogP contribution in [0, 0.1) is 0 Å². The Bertz CT molecular complexity index is 511. The summed E-state index contributed by atoms with van der Waals surface area (Å²) in [5, 5.41) is 0.942. The molecule has 0 amide bonds. The Balaban J connectivity index is 2.67.